The quantitative estimate of drug-likeness (QED) is 0.0320. The average Bonchev–Trinajstić information content (AvgIpc) is 3.43. The van der Waals surface area contributed by atoms with E-state index in [0.717, 1.165) is 44.9 Å². The minimum Gasteiger partial charge on any atom is -0.466 e. The highest BCUT2D eigenvalue weighted by molar-refractivity contribution is 5.76. The Hall–Kier alpha value is -1.66. The van der Waals surface area contributed by atoms with Gasteiger partial charge in [0, 0.05) is 12.8 Å². The van der Waals surface area contributed by atoms with Crippen molar-refractivity contribution in [2.75, 3.05) is 13.2 Å². The zero-order chi connectivity index (χ0) is 55.7. The van der Waals surface area contributed by atoms with Crippen molar-refractivity contribution in [1.82, 2.24) is 5.32 Å². The van der Waals surface area contributed by atoms with Crippen molar-refractivity contribution in [2.24, 2.45) is 0 Å². The third-order valence-electron chi connectivity index (χ3n) is 16.5. The van der Waals surface area contributed by atoms with Gasteiger partial charge in [-0.25, -0.2) is 0 Å². The molecule has 0 heterocycles. The standard InChI is InChI=1S/C71H137NO5/c1-3-5-7-9-11-13-15-16-17-18-19-20-21-25-28-31-34-37-40-44-47-51-55-59-63-69(74)68(67-73)72-70(75)64-60-56-52-48-45-41-38-35-32-29-26-23-22-24-27-30-33-36-39-42-46-50-54-58-62-66-77-71(76)65-61-57-53-49-43-14-12-10-8-6-4-2/h10,12,23,26,68-69,73-74H,3-9,11,13-22,24-25,27-67H2,1-2H3,(H,72,75)/b12-10-,26-23-. The van der Waals surface area contributed by atoms with Gasteiger partial charge < -0.3 is 20.3 Å². The van der Waals surface area contributed by atoms with Crippen LogP contribution in [0.4, 0.5) is 0 Å². The lowest BCUT2D eigenvalue weighted by Crippen LogP contribution is -2.45. The molecular weight excluding hydrogens is 947 g/mol. The number of hydrogen-bond donors (Lipinski definition) is 3. The first-order chi connectivity index (χ1) is 38.0. The summed E-state index contributed by atoms with van der Waals surface area (Å²) >= 11 is 0. The van der Waals surface area contributed by atoms with Crippen LogP contribution in [0.5, 0.6) is 0 Å². The first-order valence-electron chi connectivity index (χ1n) is 35.1. The Labute approximate surface area is 481 Å². The number of nitrogens with one attached hydrogen (secondary N) is 1. The van der Waals surface area contributed by atoms with Crippen LogP contribution in [0.1, 0.15) is 393 Å². The molecule has 0 fully saturated rings. The number of allylic oxidation sites excluding steroid dienone is 4. The summed E-state index contributed by atoms with van der Waals surface area (Å²) in [6.45, 7) is 4.95. The molecule has 0 aliphatic rings. The molecule has 0 aromatic carbocycles. The van der Waals surface area contributed by atoms with Crippen LogP contribution in [0.3, 0.4) is 0 Å². The summed E-state index contributed by atoms with van der Waals surface area (Å²) in [4.78, 5) is 24.6. The predicted octanol–water partition coefficient (Wildman–Crippen LogP) is 22.5. The third kappa shape index (κ3) is 63.4. The summed E-state index contributed by atoms with van der Waals surface area (Å²) in [5.41, 5.74) is 0. The summed E-state index contributed by atoms with van der Waals surface area (Å²) in [6, 6.07) is -0.545. The molecule has 6 heteroatoms. The van der Waals surface area contributed by atoms with Gasteiger partial charge in [0.05, 0.1) is 25.4 Å². The smallest absolute Gasteiger partial charge is 0.305 e. The Morgan fingerprint density at radius 1 is 0.351 bits per heavy atom. The number of carbonyl (C=O) groups is 2. The Morgan fingerprint density at radius 2 is 0.623 bits per heavy atom. The lowest BCUT2D eigenvalue weighted by Gasteiger charge is -2.22. The number of unbranched alkanes of at least 4 members (excludes halogenated alkanes) is 51. The number of ether oxygens (including phenoxy) is 1. The highest BCUT2D eigenvalue weighted by atomic mass is 16.5. The summed E-state index contributed by atoms with van der Waals surface area (Å²) in [7, 11) is 0. The Kier molecular flexibility index (Phi) is 65.4. The lowest BCUT2D eigenvalue weighted by atomic mass is 10.0. The van der Waals surface area contributed by atoms with Gasteiger partial charge in [0.25, 0.3) is 0 Å². The van der Waals surface area contributed by atoms with E-state index in [1.54, 1.807) is 0 Å². The highest BCUT2D eigenvalue weighted by Gasteiger charge is 2.20. The summed E-state index contributed by atoms with van der Waals surface area (Å²) < 4.78 is 5.46. The summed E-state index contributed by atoms with van der Waals surface area (Å²) in [5, 5.41) is 23.4. The highest BCUT2D eigenvalue weighted by Crippen LogP contribution is 2.19. The third-order valence-corrected chi connectivity index (χ3v) is 16.5. The van der Waals surface area contributed by atoms with Crippen LogP contribution in [-0.2, 0) is 14.3 Å². The van der Waals surface area contributed by atoms with E-state index in [0.29, 0.717) is 25.9 Å². The van der Waals surface area contributed by atoms with Gasteiger partial charge in [-0.2, -0.15) is 0 Å². The monoisotopic (exact) mass is 1080 g/mol. The lowest BCUT2D eigenvalue weighted by molar-refractivity contribution is -0.143. The topological polar surface area (TPSA) is 95.9 Å². The van der Waals surface area contributed by atoms with Crippen LogP contribution in [0.15, 0.2) is 24.3 Å². The molecular formula is C71H137NO5. The van der Waals surface area contributed by atoms with Crippen LogP contribution in [-0.4, -0.2) is 47.4 Å². The van der Waals surface area contributed by atoms with Crippen LogP contribution in [0, 0.1) is 0 Å². The minimum atomic E-state index is -0.668. The van der Waals surface area contributed by atoms with Crippen LogP contribution in [0.2, 0.25) is 0 Å². The van der Waals surface area contributed by atoms with Gasteiger partial charge >= 0.3 is 5.97 Å². The van der Waals surface area contributed by atoms with Crippen molar-refractivity contribution >= 4 is 11.9 Å². The molecule has 0 radical (unpaired) electrons. The molecule has 0 rings (SSSR count). The zero-order valence-corrected chi connectivity index (χ0v) is 52.2. The SMILES string of the molecule is CCCC/C=C\CCCCCCCC(=O)OCCCCCCCCCCCCCC/C=C\CCCCCCCCCCCC(=O)NC(CO)C(O)CCCCCCCCCCCCCCCCCCCCCCCCCC. The molecule has 0 aliphatic heterocycles. The Bertz CT molecular complexity index is 1200. The second-order valence-corrected chi connectivity index (χ2v) is 24.2. The Morgan fingerprint density at radius 3 is 0.961 bits per heavy atom. The van der Waals surface area contributed by atoms with E-state index in [9.17, 15) is 19.8 Å². The van der Waals surface area contributed by atoms with Crippen molar-refractivity contribution in [2.45, 2.75) is 405 Å². The molecule has 0 bridgehead atoms. The fourth-order valence-corrected chi connectivity index (χ4v) is 11.1. The van der Waals surface area contributed by atoms with E-state index in [4.69, 9.17) is 4.74 Å². The van der Waals surface area contributed by atoms with E-state index < -0.39 is 12.1 Å². The van der Waals surface area contributed by atoms with Crippen LogP contribution in [0.25, 0.3) is 0 Å². The first-order valence-corrected chi connectivity index (χ1v) is 35.1. The number of rotatable bonds is 66. The number of hydrogen-bond acceptors (Lipinski definition) is 5. The maximum atomic E-state index is 12.6. The normalized spacial score (nSPS) is 12.6. The van der Waals surface area contributed by atoms with Gasteiger partial charge in [0.2, 0.25) is 5.91 Å². The molecule has 2 unspecified atom stereocenters. The van der Waals surface area contributed by atoms with Crippen molar-refractivity contribution in [3.05, 3.63) is 24.3 Å². The van der Waals surface area contributed by atoms with Crippen molar-refractivity contribution in [1.29, 1.82) is 0 Å². The van der Waals surface area contributed by atoms with E-state index >= 15 is 0 Å². The molecule has 0 spiro atoms. The van der Waals surface area contributed by atoms with Gasteiger partial charge in [-0.1, -0.05) is 334 Å². The molecule has 77 heavy (non-hydrogen) atoms. The fourth-order valence-electron chi connectivity index (χ4n) is 11.1. The van der Waals surface area contributed by atoms with Crippen molar-refractivity contribution < 1.29 is 24.5 Å². The molecule has 456 valence electrons. The van der Waals surface area contributed by atoms with E-state index in [1.807, 2.05) is 0 Å². The van der Waals surface area contributed by atoms with E-state index in [2.05, 4.69) is 43.5 Å². The molecule has 0 saturated carbocycles. The van der Waals surface area contributed by atoms with Crippen LogP contribution < -0.4 is 5.32 Å². The van der Waals surface area contributed by atoms with Gasteiger partial charge in [0.15, 0.2) is 0 Å². The van der Waals surface area contributed by atoms with Gasteiger partial charge in [-0.3, -0.25) is 9.59 Å². The molecule has 6 nitrogen and oxygen atoms in total. The van der Waals surface area contributed by atoms with Gasteiger partial charge in [-0.05, 0) is 70.6 Å². The predicted molar refractivity (Wildman–Crippen MR) is 338 cm³/mol. The largest absolute Gasteiger partial charge is 0.466 e. The summed E-state index contributed by atoms with van der Waals surface area (Å²) in [6.07, 6.45) is 83.7. The zero-order valence-electron chi connectivity index (χ0n) is 52.2. The average molecular weight is 1080 g/mol. The van der Waals surface area contributed by atoms with Crippen molar-refractivity contribution in [3.8, 4) is 0 Å². The second kappa shape index (κ2) is 66.8. The van der Waals surface area contributed by atoms with Gasteiger partial charge in [0.1, 0.15) is 0 Å². The molecule has 0 saturated heterocycles. The fraction of sp³-hybridized carbons (Fsp3) is 0.915. The molecule has 2 atom stereocenters. The number of aliphatic hydroxyl groups is 2. The molecule has 0 aromatic heterocycles. The molecule has 0 aromatic rings. The number of esters is 1. The van der Waals surface area contributed by atoms with E-state index in [1.165, 1.54) is 315 Å². The van der Waals surface area contributed by atoms with E-state index in [-0.39, 0.29) is 18.5 Å². The van der Waals surface area contributed by atoms with Gasteiger partial charge in [-0.15, -0.1) is 0 Å². The molecule has 1 amide bonds. The molecule has 0 aliphatic carbocycles. The number of amides is 1. The van der Waals surface area contributed by atoms with Crippen molar-refractivity contribution in [3.63, 3.8) is 0 Å². The summed E-state index contributed by atoms with van der Waals surface area (Å²) in [5.74, 6) is -0.0303. The minimum absolute atomic E-state index is 0.00308. The maximum Gasteiger partial charge on any atom is 0.305 e. The Balaban J connectivity index is 3.40. The van der Waals surface area contributed by atoms with Crippen LogP contribution >= 0.6 is 0 Å². The second-order valence-electron chi connectivity index (χ2n) is 24.2. The molecule has 3 N–H and O–H groups in total. The number of aliphatic hydroxyl groups excluding tert-OH is 2. The first kappa shape index (κ1) is 75.3. The maximum absolute atomic E-state index is 12.6. The number of carbonyl (C=O) groups excluding carboxylic acids is 2.